The number of hydrogen-bond acceptors (Lipinski definition) is 2. The van der Waals surface area contributed by atoms with Crippen molar-refractivity contribution in [2.24, 2.45) is 0 Å². The summed E-state index contributed by atoms with van der Waals surface area (Å²) in [6.45, 7) is 0.653. The maximum Gasteiger partial charge on any atom is 0.264 e. The molecule has 1 unspecified atom stereocenters. The van der Waals surface area contributed by atoms with Crippen molar-refractivity contribution in [1.82, 2.24) is 0 Å². The van der Waals surface area contributed by atoms with E-state index < -0.39 is 8.38 Å². The Labute approximate surface area is 72.7 Å². The molecule has 62 valence electrons. The van der Waals surface area contributed by atoms with Crippen LogP contribution in [0, 0.1) is 0 Å². The molecule has 1 heterocycles. The van der Waals surface area contributed by atoms with E-state index in [1.54, 1.807) is 6.26 Å². The third-order valence-corrected chi connectivity index (χ3v) is 2.92. The average molecular weight is 180 g/mol. The standard InChI is InChI=1S/C9H9O2P/c1-2-5-9(6-3-1)12-10-7-4-8-11-12/h1-7H,8H2. The maximum atomic E-state index is 5.42. The average Bonchev–Trinajstić information content (AvgIpc) is 2.21. The third kappa shape index (κ3) is 1.66. The number of rotatable bonds is 1. The van der Waals surface area contributed by atoms with Crippen molar-refractivity contribution in [1.29, 1.82) is 0 Å². The molecule has 0 spiro atoms. The van der Waals surface area contributed by atoms with Gasteiger partial charge in [-0.15, -0.1) is 0 Å². The fourth-order valence-corrected chi connectivity index (χ4v) is 2.13. The van der Waals surface area contributed by atoms with Gasteiger partial charge in [-0.1, -0.05) is 18.2 Å². The molecule has 0 N–H and O–H groups in total. The number of benzene rings is 1. The van der Waals surface area contributed by atoms with Crippen molar-refractivity contribution >= 4 is 13.7 Å². The minimum absolute atomic E-state index is 0.653. The highest BCUT2D eigenvalue weighted by Crippen LogP contribution is 2.39. The van der Waals surface area contributed by atoms with Gasteiger partial charge in [-0.05, 0) is 18.2 Å². The molecule has 0 bridgehead atoms. The van der Waals surface area contributed by atoms with Crippen LogP contribution in [0.25, 0.3) is 0 Å². The minimum Gasteiger partial charge on any atom is -0.452 e. The largest absolute Gasteiger partial charge is 0.452 e. The zero-order chi connectivity index (χ0) is 8.23. The summed E-state index contributed by atoms with van der Waals surface area (Å²) in [5.41, 5.74) is 0. The van der Waals surface area contributed by atoms with Crippen LogP contribution < -0.4 is 5.30 Å². The van der Waals surface area contributed by atoms with Crippen LogP contribution in [0.2, 0.25) is 0 Å². The monoisotopic (exact) mass is 180 g/mol. The molecule has 0 amide bonds. The molecule has 0 saturated carbocycles. The van der Waals surface area contributed by atoms with Gasteiger partial charge < -0.3 is 9.05 Å². The second-order valence-electron chi connectivity index (χ2n) is 2.37. The summed E-state index contributed by atoms with van der Waals surface area (Å²) < 4.78 is 10.7. The van der Waals surface area contributed by atoms with Gasteiger partial charge in [0.05, 0.1) is 12.9 Å². The van der Waals surface area contributed by atoms with E-state index in [-0.39, 0.29) is 0 Å². The SMILES string of the molecule is C1=COP(c2ccccc2)OC1. The van der Waals surface area contributed by atoms with E-state index in [0.29, 0.717) is 6.61 Å². The topological polar surface area (TPSA) is 18.5 Å². The molecular weight excluding hydrogens is 171 g/mol. The summed E-state index contributed by atoms with van der Waals surface area (Å²) in [7, 11) is -0.854. The van der Waals surface area contributed by atoms with Crippen LogP contribution in [0.1, 0.15) is 0 Å². The molecule has 0 aliphatic carbocycles. The van der Waals surface area contributed by atoms with Gasteiger partial charge in [0.2, 0.25) is 0 Å². The molecule has 12 heavy (non-hydrogen) atoms. The van der Waals surface area contributed by atoms with Crippen molar-refractivity contribution in [3.63, 3.8) is 0 Å². The van der Waals surface area contributed by atoms with Gasteiger partial charge in [-0.25, -0.2) is 0 Å². The Balaban J connectivity index is 2.15. The lowest BCUT2D eigenvalue weighted by Gasteiger charge is -2.17. The van der Waals surface area contributed by atoms with E-state index in [1.807, 2.05) is 36.4 Å². The zero-order valence-electron chi connectivity index (χ0n) is 6.51. The van der Waals surface area contributed by atoms with Crippen molar-refractivity contribution in [3.05, 3.63) is 42.7 Å². The summed E-state index contributed by atoms with van der Waals surface area (Å²) in [6, 6.07) is 10.00. The lowest BCUT2D eigenvalue weighted by molar-refractivity contribution is 0.318. The molecular formula is C9H9O2P. The summed E-state index contributed by atoms with van der Waals surface area (Å²) in [6.07, 6.45) is 3.57. The predicted octanol–water partition coefficient (Wildman–Crippen LogP) is 2.18. The van der Waals surface area contributed by atoms with Gasteiger partial charge in [0.15, 0.2) is 0 Å². The minimum atomic E-state index is -0.854. The summed E-state index contributed by atoms with van der Waals surface area (Å²) in [4.78, 5) is 0. The van der Waals surface area contributed by atoms with Crippen LogP contribution in [-0.4, -0.2) is 6.61 Å². The number of hydrogen-bond donors (Lipinski definition) is 0. The molecule has 0 fully saturated rings. The summed E-state index contributed by atoms with van der Waals surface area (Å²) >= 11 is 0. The third-order valence-electron chi connectivity index (χ3n) is 1.51. The Bertz CT molecular complexity index is 271. The Morgan fingerprint density at radius 2 is 2.00 bits per heavy atom. The van der Waals surface area contributed by atoms with Crippen LogP contribution in [0.15, 0.2) is 42.7 Å². The van der Waals surface area contributed by atoms with Crippen molar-refractivity contribution in [2.45, 2.75) is 0 Å². The van der Waals surface area contributed by atoms with Gasteiger partial charge in [-0.3, -0.25) is 0 Å². The lowest BCUT2D eigenvalue weighted by Crippen LogP contribution is -2.06. The van der Waals surface area contributed by atoms with E-state index >= 15 is 0 Å². The van der Waals surface area contributed by atoms with Crippen LogP contribution in [-0.2, 0) is 9.05 Å². The Morgan fingerprint density at radius 1 is 1.17 bits per heavy atom. The van der Waals surface area contributed by atoms with Crippen molar-refractivity contribution < 1.29 is 9.05 Å². The van der Waals surface area contributed by atoms with Crippen molar-refractivity contribution in [3.8, 4) is 0 Å². The first-order valence-electron chi connectivity index (χ1n) is 3.77. The highest BCUT2D eigenvalue weighted by molar-refractivity contribution is 7.56. The second kappa shape index (κ2) is 3.70. The lowest BCUT2D eigenvalue weighted by atomic mass is 10.4. The fraction of sp³-hybridized carbons (Fsp3) is 0.111. The van der Waals surface area contributed by atoms with Gasteiger partial charge in [0.1, 0.15) is 0 Å². The predicted molar refractivity (Wildman–Crippen MR) is 49.2 cm³/mol. The van der Waals surface area contributed by atoms with Crippen LogP contribution in [0.5, 0.6) is 0 Å². The van der Waals surface area contributed by atoms with E-state index in [0.717, 1.165) is 5.30 Å². The van der Waals surface area contributed by atoms with E-state index in [1.165, 1.54) is 0 Å². The molecule has 1 atom stereocenters. The Kier molecular flexibility index (Phi) is 2.40. The van der Waals surface area contributed by atoms with Gasteiger partial charge >= 0.3 is 0 Å². The summed E-state index contributed by atoms with van der Waals surface area (Å²) in [5, 5.41) is 1.12. The normalized spacial score (nSPS) is 21.8. The van der Waals surface area contributed by atoms with Crippen LogP contribution >= 0.6 is 8.38 Å². The Morgan fingerprint density at radius 3 is 2.67 bits per heavy atom. The quantitative estimate of drug-likeness (QED) is 0.616. The highest BCUT2D eigenvalue weighted by Gasteiger charge is 2.14. The van der Waals surface area contributed by atoms with Gasteiger partial charge in [0, 0.05) is 5.30 Å². The molecule has 1 aromatic rings. The summed E-state index contributed by atoms with van der Waals surface area (Å²) in [5.74, 6) is 0. The van der Waals surface area contributed by atoms with E-state index in [9.17, 15) is 0 Å². The molecule has 2 nitrogen and oxygen atoms in total. The molecule has 1 aromatic carbocycles. The molecule has 0 aromatic heterocycles. The highest BCUT2D eigenvalue weighted by atomic mass is 31.2. The first-order chi connectivity index (χ1) is 5.97. The second-order valence-corrected chi connectivity index (χ2v) is 3.87. The maximum absolute atomic E-state index is 5.42. The molecule has 1 aliphatic rings. The van der Waals surface area contributed by atoms with E-state index in [2.05, 4.69) is 0 Å². The van der Waals surface area contributed by atoms with Gasteiger partial charge in [0.25, 0.3) is 8.38 Å². The molecule has 1 aliphatic heterocycles. The Hall–Kier alpha value is -0.850. The van der Waals surface area contributed by atoms with Crippen LogP contribution in [0.3, 0.4) is 0 Å². The van der Waals surface area contributed by atoms with E-state index in [4.69, 9.17) is 9.05 Å². The molecule has 2 rings (SSSR count). The molecule has 3 heteroatoms. The van der Waals surface area contributed by atoms with Crippen molar-refractivity contribution in [2.75, 3.05) is 6.61 Å². The first-order valence-corrected chi connectivity index (χ1v) is 4.94. The first kappa shape index (κ1) is 7.78. The molecule has 0 saturated heterocycles. The smallest absolute Gasteiger partial charge is 0.264 e. The zero-order valence-corrected chi connectivity index (χ0v) is 7.41. The van der Waals surface area contributed by atoms with Crippen LogP contribution in [0.4, 0.5) is 0 Å². The molecule has 0 radical (unpaired) electrons. The fourth-order valence-electron chi connectivity index (χ4n) is 0.964. The van der Waals surface area contributed by atoms with Gasteiger partial charge in [-0.2, -0.15) is 0 Å².